The van der Waals surface area contributed by atoms with Gasteiger partial charge in [-0.05, 0) is 12.5 Å². The maximum Gasteiger partial charge on any atom is 0.0198 e. The first kappa shape index (κ1) is 8.02. The molecule has 1 aromatic carbocycles. The zero-order chi connectivity index (χ0) is 8.10. The van der Waals surface area contributed by atoms with Crippen LogP contribution in [0.25, 0.3) is 6.08 Å². The Kier molecular flexibility index (Phi) is 2.87. The molecule has 2 N–H and O–H groups in total. The van der Waals surface area contributed by atoms with Gasteiger partial charge in [0.25, 0.3) is 0 Å². The van der Waals surface area contributed by atoms with E-state index in [4.69, 9.17) is 5.73 Å². The molecule has 0 aliphatic heterocycles. The Bertz CT molecular complexity index is 224. The van der Waals surface area contributed by atoms with Crippen LogP contribution in [0, 0.1) is 0 Å². The zero-order valence-electron chi connectivity index (χ0n) is 6.70. The lowest BCUT2D eigenvalue weighted by atomic mass is 10.2. The Hall–Kier alpha value is -1.08. The summed E-state index contributed by atoms with van der Waals surface area (Å²) in [5.74, 6) is 0. The highest BCUT2D eigenvalue weighted by Crippen LogP contribution is 2.00. The Labute approximate surface area is 67.5 Å². The summed E-state index contributed by atoms with van der Waals surface area (Å²) < 4.78 is 0. The van der Waals surface area contributed by atoms with E-state index in [1.165, 1.54) is 5.56 Å². The Morgan fingerprint density at radius 3 is 2.45 bits per heavy atom. The molecular weight excluding hydrogens is 134 g/mol. The molecule has 0 aliphatic carbocycles. The van der Waals surface area contributed by atoms with Crippen LogP contribution in [0.15, 0.2) is 36.4 Å². The summed E-state index contributed by atoms with van der Waals surface area (Å²) in [6, 6.07) is 10.3. The fourth-order valence-corrected chi connectivity index (χ4v) is 0.827. The topological polar surface area (TPSA) is 26.0 Å². The molecule has 1 nitrogen and oxygen atoms in total. The molecule has 0 fully saturated rings. The van der Waals surface area contributed by atoms with E-state index in [0.29, 0.717) is 0 Å². The van der Waals surface area contributed by atoms with Crippen molar-refractivity contribution in [2.24, 2.45) is 5.73 Å². The van der Waals surface area contributed by atoms with Crippen molar-refractivity contribution in [2.45, 2.75) is 13.0 Å². The van der Waals surface area contributed by atoms with Crippen molar-refractivity contribution in [3.05, 3.63) is 42.0 Å². The molecular formula is C10H13N. The van der Waals surface area contributed by atoms with Crippen molar-refractivity contribution in [3.8, 4) is 0 Å². The van der Waals surface area contributed by atoms with Gasteiger partial charge in [0.2, 0.25) is 0 Å². The summed E-state index contributed by atoms with van der Waals surface area (Å²) in [7, 11) is 0. The summed E-state index contributed by atoms with van der Waals surface area (Å²) in [4.78, 5) is 0. The third kappa shape index (κ3) is 3.01. The van der Waals surface area contributed by atoms with E-state index in [-0.39, 0.29) is 6.04 Å². The van der Waals surface area contributed by atoms with Crippen LogP contribution in [-0.2, 0) is 0 Å². The fraction of sp³-hybridized carbons (Fsp3) is 0.200. The molecule has 1 rings (SSSR count). The Morgan fingerprint density at radius 2 is 1.91 bits per heavy atom. The molecule has 0 saturated carbocycles. The van der Waals surface area contributed by atoms with E-state index >= 15 is 0 Å². The van der Waals surface area contributed by atoms with E-state index in [1.54, 1.807) is 0 Å². The van der Waals surface area contributed by atoms with Gasteiger partial charge >= 0.3 is 0 Å². The number of hydrogen-bond acceptors (Lipinski definition) is 1. The van der Waals surface area contributed by atoms with E-state index < -0.39 is 0 Å². The van der Waals surface area contributed by atoms with E-state index in [9.17, 15) is 0 Å². The number of nitrogens with two attached hydrogens (primary N) is 1. The van der Waals surface area contributed by atoms with Crippen LogP contribution < -0.4 is 5.73 Å². The second-order valence-corrected chi connectivity index (χ2v) is 2.63. The smallest absolute Gasteiger partial charge is 0.0198 e. The maximum absolute atomic E-state index is 5.55. The molecule has 0 unspecified atom stereocenters. The highest BCUT2D eigenvalue weighted by molar-refractivity contribution is 5.49. The first-order valence-electron chi connectivity index (χ1n) is 3.78. The van der Waals surface area contributed by atoms with Gasteiger partial charge in [-0.25, -0.2) is 0 Å². The van der Waals surface area contributed by atoms with Gasteiger partial charge in [0.1, 0.15) is 0 Å². The van der Waals surface area contributed by atoms with Gasteiger partial charge in [-0.2, -0.15) is 0 Å². The van der Waals surface area contributed by atoms with E-state index in [2.05, 4.69) is 12.1 Å². The molecule has 0 amide bonds. The van der Waals surface area contributed by atoms with Gasteiger partial charge in [0, 0.05) is 6.04 Å². The molecule has 0 bridgehead atoms. The SMILES string of the molecule is C[C@H](N)C=Cc1ccccc1. The zero-order valence-corrected chi connectivity index (χ0v) is 6.70. The molecule has 0 saturated heterocycles. The van der Waals surface area contributed by atoms with Gasteiger partial charge in [0.15, 0.2) is 0 Å². The normalized spacial score (nSPS) is 13.6. The monoisotopic (exact) mass is 147 g/mol. The first-order valence-corrected chi connectivity index (χ1v) is 3.78. The molecule has 0 heterocycles. The lowest BCUT2D eigenvalue weighted by Crippen LogP contribution is -2.09. The van der Waals surface area contributed by atoms with Crippen molar-refractivity contribution in [2.75, 3.05) is 0 Å². The summed E-state index contributed by atoms with van der Waals surface area (Å²) in [6.07, 6.45) is 4.01. The summed E-state index contributed by atoms with van der Waals surface area (Å²) in [6.45, 7) is 1.96. The number of benzene rings is 1. The van der Waals surface area contributed by atoms with Gasteiger partial charge in [-0.15, -0.1) is 0 Å². The highest BCUT2D eigenvalue weighted by Gasteiger charge is 1.84. The van der Waals surface area contributed by atoms with Crippen molar-refractivity contribution in [1.82, 2.24) is 0 Å². The minimum absolute atomic E-state index is 0.134. The lowest BCUT2D eigenvalue weighted by molar-refractivity contribution is 0.931. The first-order chi connectivity index (χ1) is 5.29. The molecule has 0 spiro atoms. The minimum atomic E-state index is 0.134. The van der Waals surface area contributed by atoms with Crippen molar-refractivity contribution in [3.63, 3.8) is 0 Å². The van der Waals surface area contributed by atoms with Crippen LogP contribution >= 0.6 is 0 Å². The molecule has 1 aromatic rings. The fourth-order valence-electron chi connectivity index (χ4n) is 0.827. The summed E-state index contributed by atoms with van der Waals surface area (Å²) in [5.41, 5.74) is 6.75. The maximum atomic E-state index is 5.55. The highest BCUT2D eigenvalue weighted by atomic mass is 14.6. The van der Waals surface area contributed by atoms with Crippen LogP contribution in [0.2, 0.25) is 0 Å². The summed E-state index contributed by atoms with van der Waals surface area (Å²) in [5, 5.41) is 0. The largest absolute Gasteiger partial charge is 0.325 e. The number of hydrogen-bond donors (Lipinski definition) is 1. The van der Waals surface area contributed by atoms with E-state index in [0.717, 1.165) is 0 Å². The van der Waals surface area contributed by atoms with Crippen LogP contribution in [0.5, 0.6) is 0 Å². The minimum Gasteiger partial charge on any atom is -0.325 e. The number of rotatable bonds is 2. The lowest BCUT2D eigenvalue weighted by Gasteiger charge is -1.94. The average molecular weight is 147 g/mol. The average Bonchev–Trinajstić information content (AvgIpc) is 2.03. The Morgan fingerprint density at radius 1 is 1.27 bits per heavy atom. The van der Waals surface area contributed by atoms with Crippen LogP contribution in [0.4, 0.5) is 0 Å². The molecule has 1 atom stereocenters. The van der Waals surface area contributed by atoms with Crippen molar-refractivity contribution >= 4 is 6.08 Å². The molecule has 11 heavy (non-hydrogen) atoms. The van der Waals surface area contributed by atoms with Gasteiger partial charge in [-0.3, -0.25) is 0 Å². The van der Waals surface area contributed by atoms with E-state index in [1.807, 2.05) is 37.3 Å². The van der Waals surface area contributed by atoms with Gasteiger partial charge in [0.05, 0.1) is 0 Å². The molecule has 1 heteroatoms. The van der Waals surface area contributed by atoms with Crippen LogP contribution in [0.3, 0.4) is 0 Å². The molecule has 0 aliphatic rings. The van der Waals surface area contributed by atoms with Crippen molar-refractivity contribution < 1.29 is 0 Å². The molecule has 0 aromatic heterocycles. The standard InChI is InChI=1S/C10H13N/c1-9(11)7-8-10-5-3-2-4-6-10/h2-9H,11H2,1H3/t9-/m0/s1. The quantitative estimate of drug-likeness (QED) is 0.680. The predicted octanol–water partition coefficient (Wildman–Crippen LogP) is 2.05. The second kappa shape index (κ2) is 3.94. The predicted molar refractivity (Wildman–Crippen MR) is 49.1 cm³/mol. The van der Waals surface area contributed by atoms with Gasteiger partial charge < -0.3 is 5.73 Å². The molecule has 0 radical (unpaired) electrons. The van der Waals surface area contributed by atoms with Gasteiger partial charge in [-0.1, -0.05) is 42.5 Å². The Balaban J connectivity index is 2.65. The third-order valence-corrected chi connectivity index (χ3v) is 1.39. The molecule has 58 valence electrons. The second-order valence-electron chi connectivity index (χ2n) is 2.63. The third-order valence-electron chi connectivity index (χ3n) is 1.39. The summed E-state index contributed by atoms with van der Waals surface area (Å²) >= 11 is 0. The van der Waals surface area contributed by atoms with Crippen LogP contribution in [0.1, 0.15) is 12.5 Å². The van der Waals surface area contributed by atoms with Crippen LogP contribution in [-0.4, -0.2) is 6.04 Å². The van der Waals surface area contributed by atoms with Crippen molar-refractivity contribution in [1.29, 1.82) is 0 Å².